The molecule has 5 N–H and O–H groups in total. The predicted octanol–water partition coefficient (Wildman–Crippen LogP) is 3.64. The Morgan fingerprint density at radius 2 is 1.84 bits per heavy atom. The Labute approximate surface area is 178 Å². The van der Waals surface area contributed by atoms with E-state index >= 15 is 0 Å². The second-order valence-electron chi connectivity index (χ2n) is 5.94. The maximum absolute atomic E-state index is 12.8. The number of nitrogens with one attached hydrogen (secondary N) is 3. The smallest absolute Gasteiger partial charge is 0.417 e. The van der Waals surface area contributed by atoms with Crippen LogP contribution in [0.5, 0.6) is 5.75 Å². The van der Waals surface area contributed by atoms with Crippen LogP contribution >= 0.6 is 11.6 Å². The van der Waals surface area contributed by atoms with Crippen molar-refractivity contribution in [3.8, 4) is 5.75 Å². The molecule has 0 bridgehead atoms. The Kier molecular flexibility index (Phi) is 6.30. The fraction of sp³-hybridized carbons (Fsp3) is 0.111. The zero-order valence-corrected chi connectivity index (χ0v) is 16.5. The van der Waals surface area contributed by atoms with Gasteiger partial charge in [-0.1, -0.05) is 23.7 Å². The topological polar surface area (TPSA) is 127 Å². The lowest BCUT2D eigenvalue weighted by molar-refractivity contribution is -0.137. The van der Waals surface area contributed by atoms with Gasteiger partial charge in [-0.05, 0) is 18.2 Å². The van der Waals surface area contributed by atoms with Crippen molar-refractivity contribution in [2.24, 2.45) is 0 Å². The van der Waals surface area contributed by atoms with Crippen LogP contribution in [0.3, 0.4) is 0 Å². The summed E-state index contributed by atoms with van der Waals surface area (Å²) in [7, 11) is 1.43. The largest absolute Gasteiger partial charge is 0.496 e. The number of benzene rings is 1. The first-order valence-corrected chi connectivity index (χ1v) is 8.88. The van der Waals surface area contributed by atoms with E-state index in [1.54, 1.807) is 24.3 Å². The van der Waals surface area contributed by atoms with Crippen LogP contribution in [-0.4, -0.2) is 28.0 Å². The summed E-state index contributed by atoms with van der Waals surface area (Å²) in [4.78, 5) is 23.9. The van der Waals surface area contributed by atoms with Gasteiger partial charge in [-0.25, -0.2) is 15.0 Å². The molecule has 1 amide bonds. The van der Waals surface area contributed by atoms with Crippen molar-refractivity contribution in [2.45, 2.75) is 6.18 Å². The summed E-state index contributed by atoms with van der Waals surface area (Å²) in [6, 6.07) is 7.28. The molecule has 0 aliphatic heterocycles. The predicted molar refractivity (Wildman–Crippen MR) is 108 cm³/mol. The van der Waals surface area contributed by atoms with Crippen molar-refractivity contribution in [3.05, 3.63) is 59.0 Å². The van der Waals surface area contributed by atoms with E-state index in [1.807, 2.05) is 0 Å². The number of hydrogen-bond acceptors (Lipinski definition) is 8. The van der Waals surface area contributed by atoms with Crippen LogP contribution in [0.2, 0.25) is 5.02 Å². The lowest BCUT2D eigenvalue weighted by atomic mass is 10.2. The van der Waals surface area contributed by atoms with Gasteiger partial charge in [0.1, 0.15) is 23.6 Å². The molecule has 0 saturated heterocycles. The van der Waals surface area contributed by atoms with Crippen LogP contribution in [0.15, 0.2) is 42.9 Å². The highest BCUT2D eigenvalue weighted by Gasteiger charge is 2.31. The van der Waals surface area contributed by atoms with Crippen LogP contribution in [0.4, 0.5) is 36.3 Å². The van der Waals surface area contributed by atoms with E-state index in [1.165, 1.54) is 7.11 Å². The number of carbonyl (C=O) groups is 1. The Morgan fingerprint density at radius 3 is 2.52 bits per heavy atom. The van der Waals surface area contributed by atoms with E-state index in [4.69, 9.17) is 22.1 Å². The maximum Gasteiger partial charge on any atom is 0.417 e. The van der Waals surface area contributed by atoms with E-state index in [-0.39, 0.29) is 33.7 Å². The van der Waals surface area contributed by atoms with Gasteiger partial charge in [-0.2, -0.15) is 13.2 Å². The van der Waals surface area contributed by atoms with Crippen molar-refractivity contribution in [1.29, 1.82) is 0 Å². The Hall–Kier alpha value is -3.80. The lowest BCUT2D eigenvalue weighted by Crippen LogP contribution is -2.30. The molecule has 0 unspecified atom stereocenters. The van der Waals surface area contributed by atoms with Gasteiger partial charge < -0.3 is 15.8 Å². The van der Waals surface area contributed by atoms with Crippen molar-refractivity contribution >= 4 is 40.6 Å². The zero-order valence-electron chi connectivity index (χ0n) is 15.8. The molecule has 3 rings (SSSR count). The molecular formula is C18H15ClF3N7O2. The molecule has 0 spiro atoms. The van der Waals surface area contributed by atoms with Gasteiger partial charge in [0, 0.05) is 6.20 Å². The number of hydrogen-bond donors (Lipinski definition) is 4. The van der Waals surface area contributed by atoms with Crippen LogP contribution in [0, 0.1) is 0 Å². The summed E-state index contributed by atoms with van der Waals surface area (Å²) in [6.45, 7) is 0. The number of rotatable bonds is 6. The number of aromatic nitrogens is 3. The number of pyridine rings is 1. The first kappa shape index (κ1) is 21.9. The van der Waals surface area contributed by atoms with Gasteiger partial charge in [-0.15, -0.1) is 0 Å². The number of halogens is 4. The van der Waals surface area contributed by atoms with Crippen LogP contribution in [0.1, 0.15) is 15.9 Å². The highest BCUT2D eigenvalue weighted by atomic mass is 35.5. The minimum Gasteiger partial charge on any atom is -0.496 e. The summed E-state index contributed by atoms with van der Waals surface area (Å²) < 4.78 is 43.4. The molecule has 9 nitrogen and oxygen atoms in total. The number of carbonyl (C=O) groups excluding carboxylic acids is 1. The average Bonchev–Trinajstić information content (AvgIpc) is 2.74. The number of methoxy groups -OCH3 is 1. The van der Waals surface area contributed by atoms with Gasteiger partial charge >= 0.3 is 6.18 Å². The SMILES string of the molecule is COc1ccccc1C(=O)NNc1ncnc(Nc2ncc(C(F)(F)F)cc2Cl)c1N. The van der Waals surface area contributed by atoms with Crippen molar-refractivity contribution in [3.63, 3.8) is 0 Å². The molecule has 162 valence electrons. The molecule has 1 aromatic carbocycles. The number of nitrogens with two attached hydrogens (primary N) is 1. The van der Waals surface area contributed by atoms with E-state index in [2.05, 4.69) is 31.1 Å². The van der Waals surface area contributed by atoms with E-state index in [0.29, 0.717) is 11.9 Å². The van der Waals surface area contributed by atoms with Gasteiger partial charge in [0.05, 0.1) is 23.3 Å². The molecule has 3 aromatic rings. The first-order valence-electron chi connectivity index (χ1n) is 8.50. The summed E-state index contributed by atoms with van der Waals surface area (Å²) >= 11 is 5.88. The fourth-order valence-corrected chi connectivity index (χ4v) is 2.62. The number of nitrogen functional groups attached to an aromatic ring is 1. The molecule has 0 saturated carbocycles. The fourth-order valence-electron chi connectivity index (χ4n) is 2.41. The van der Waals surface area contributed by atoms with E-state index in [0.717, 1.165) is 12.4 Å². The third-order valence-electron chi connectivity index (χ3n) is 3.94. The molecule has 0 fully saturated rings. The van der Waals surface area contributed by atoms with Crippen LogP contribution in [0.25, 0.3) is 0 Å². The lowest BCUT2D eigenvalue weighted by Gasteiger charge is -2.14. The normalized spacial score (nSPS) is 11.0. The van der Waals surface area contributed by atoms with E-state index in [9.17, 15) is 18.0 Å². The van der Waals surface area contributed by atoms with Crippen molar-refractivity contribution in [1.82, 2.24) is 20.4 Å². The quantitative estimate of drug-likeness (QED) is 0.417. The zero-order chi connectivity index (χ0) is 22.6. The second kappa shape index (κ2) is 8.92. The third-order valence-corrected chi connectivity index (χ3v) is 4.22. The Morgan fingerprint density at radius 1 is 1.13 bits per heavy atom. The number of amides is 1. The minimum absolute atomic E-state index is 0.0122. The van der Waals surface area contributed by atoms with Crippen LogP contribution in [-0.2, 0) is 6.18 Å². The minimum atomic E-state index is -4.58. The van der Waals surface area contributed by atoms with Gasteiger partial charge in [-0.3, -0.25) is 15.6 Å². The number of hydrazine groups is 1. The number of para-hydroxylation sites is 1. The van der Waals surface area contributed by atoms with Crippen molar-refractivity contribution in [2.75, 3.05) is 23.6 Å². The highest BCUT2D eigenvalue weighted by Crippen LogP contribution is 2.34. The maximum atomic E-state index is 12.8. The number of ether oxygens (including phenoxy) is 1. The summed E-state index contributed by atoms with van der Waals surface area (Å²) in [5.74, 6) is -0.202. The molecule has 2 aromatic heterocycles. The second-order valence-corrected chi connectivity index (χ2v) is 6.35. The summed E-state index contributed by atoms with van der Waals surface area (Å²) in [5, 5.41) is 2.35. The van der Waals surface area contributed by atoms with Crippen LogP contribution < -0.4 is 26.6 Å². The van der Waals surface area contributed by atoms with Gasteiger partial charge in [0.25, 0.3) is 5.91 Å². The summed E-state index contributed by atoms with van der Waals surface area (Å²) in [6.07, 6.45) is -2.84. The standard InChI is InChI=1S/C18H15ClF3N7O2/c1-31-12-5-3-2-4-10(12)17(30)29-28-16-13(23)15(25-8-26-16)27-14-11(19)6-9(7-24-14)18(20,21)22/h2-8H,23H2,1H3,(H,29,30)(H2,24,25,26,27,28). The Bertz CT molecular complexity index is 1110. The third kappa shape index (κ3) is 5.04. The molecule has 0 aliphatic carbocycles. The van der Waals surface area contributed by atoms with E-state index < -0.39 is 17.6 Å². The first-order chi connectivity index (χ1) is 14.7. The molecule has 31 heavy (non-hydrogen) atoms. The number of alkyl halides is 3. The molecule has 13 heteroatoms. The molecule has 0 atom stereocenters. The molecule has 2 heterocycles. The van der Waals surface area contributed by atoms with Crippen molar-refractivity contribution < 1.29 is 22.7 Å². The van der Waals surface area contributed by atoms with Gasteiger partial charge in [0.15, 0.2) is 11.6 Å². The van der Waals surface area contributed by atoms with Gasteiger partial charge in [0.2, 0.25) is 0 Å². The number of nitrogens with zero attached hydrogens (tertiary/aromatic N) is 3. The monoisotopic (exact) mass is 453 g/mol. The highest BCUT2D eigenvalue weighted by molar-refractivity contribution is 6.33. The molecular weight excluding hydrogens is 439 g/mol. The average molecular weight is 454 g/mol. The Balaban J connectivity index is 1.75. The number of anilines is 4. The molecule has 0 radical (unpaired) electrons. The summed E-state index contributed by atoms with van der Waals surface area (Å²) in [5.41, 5.74) is 10.2. The molecule has 0 aliphatic rings.